The van der Waals surface area contributed by atoms with Crippen LogP contribution in [0, 0.1) is 0 Å². The lowest BCUT2D eigenvalue weighted by molar-refractivity contribution is 1.12. The van der Waals surface area contributed by atoms with E-state index in [-0.39, 0.29) is 0 Å². The zero-order chi connectivity index (χ0) is 38.6. The molecule has 0 unspecified atom stereocenters. The Bertz CT molecular complexity index is 3680. The van der Waals surface area contributed by atoms with Gasteiger partial charge in [-0.05, 0) is 93.7 Å². The molecule has 0 saturated carbocycles. The fourth-order valence-electron chi connectivity index (χ4n) is 10.1. The Hall–Kier alpha value is -7.34. The number of fused-ring (bicyclic) bond motifs is 18. The highest BCUT2D eigenvalue weighted by Gasteiger charge is 2.28. The number of rotatable bonds is 2. The molecule has 4 nitrogen and oxygen atoms in total. The highest BCUT2D eigenvalue weighted by Crippen LogP contribution is 2.51. The molecule has 0 fully saturated rings. The minimum absolute atomic E-state index is 0.802. The molecule has 1 aliphatic rings. The van der Waals surface area contributed by atoms with E-state index in [9.17, 15) is 0 Å². The van der Waals surface area contributed by atoms with Gasteiger partial charge in [0.25, 0.3) is 0 Å². The van der Waals surface area contributed by atoms with Crippen molar-refractivity contribution in [2.24, 2.45) is 0 Å². The maximum absolute atomic E-state index is 4.88. The van der Waals surface area contributed by atoms with Crippen LogP contribution in [-0.2, 0) is 12.8 Å². The zero-order valence-electron chi connectivity index (χ0n) is 31.9. The summed E-state index contributed by atoms with van der Waals surface area (Å²) in [6.45, 7) is 0. The smallest absolute Gasteiger partial charge is 0.127 e. The third kappa shape index (κ3) is 4.71. The number of aromatic nitrogens is 4. The fraction of sp³-hybridized carbons (Fsp3) is 0.0370. The third-order valence-electron chi connectivity index (χ3n) is 12.6. The minimum Gasteiger partial charge on any atom is -0.308 e. The first-order valence-corrected chi connectivity index (χ1v) is 21.1. The molecule has 59 heavy (non-hydrogen) atoms. The first-order chi connectivity index (χ1) is 29.3. The summed E-state index contributed by atoms with van der Waals surface area (Å²) in [5.41, 5.74) is 17.6. The molecule has 0 spiro atoms. The summed E-state index contributed by atoms with van der Waals surface area (Å²) in [4.78, 5) is 10.5. The summed E-state index contributed by atoms with van der Waals surface area (Å²) in [5, 5.41) is 7.24. The summed E-state index contributed by atoms with van der Waals surface area (Å²) in [5.74, 6) is 0. The second-order valence-electron chi connectivity index (χ2n) is 15.7. The van der Waals surface area contributed by atoms with Crippen LogP contribution >= 0.6 is 11.3 Å². The molecule has 1 aliphatic carbocycles. The topological polar surface area (TPSA) is 35.6 Å². The molecule has 4 heterocycles. The first-order valence-electron chi connectivity index (χ1n) is 20.2. The molecule has 276 valence electrons. The average Bonchev–Trinajstić information content (AvgIpc) is 3.95. The molecule has 0 saturated heterocycles. The van der Waals surface area contributed by atoms with Gasteiger partial charge in [-0.15, -0.1) is 11.3 Å². The standard InChI is InChI=1S/C54H34N4S/c1-2-17-37(18-3-1)57-47-25-13-11-23-44(47)49-51(57)48-43-22-10-12-24-46(43)58(52(48)50-45-31-55-32-56-54(45)59-53(49)50)38-26-27-42-36(30-38)29-35-16-6-8-20-40(35)39-19-7-4-14-33(39)28-34-15-5-9-21-41(34)42/h1-27,30-32H,28-29H2. The van der Waals surface area contributed by atoms with Gasteiger partial charge in [0.2, 0.25) is 0 Å². The quantitative estimate of drug-likeness (QED) is 0.175. The molecular weight excluding hydrogens is 737 g/mol. The van der Waals surface area contributed by atoms with Gasteiger partial charge in [-0.1, -0.05) is 133 Å². The highest BCUT2D eigenvalue weighted by molar-refractivity contribution is 7.26. The van der Waals surface area contributed by atoms with Crippen molar-refractivity contribution in [2.45, 2.75) is 12.8 Å². The van der Waals surface area contributed by atoms with Crippen LogP contribution in [0.5, 0.6) is 0 Å². The molecule has 0 bridgehead atoms. The lowest BCUT2D eigenvalue weighted by Gasteiger charge is -2.21. The fourth-order valence-corrected chi connectivity index (χ4v) is 11.3. The Morgan fingerprint density at radius 1 is 0.424 bits per heavy atom. The van der Waals surface area contributed by atoms with E-state index >= 15 is 0 Å². The van der Waals surface area contributed by atoms with Gasteiger partial charge in [-0.2, -0.15) is 0 Å². The molecule has 8 aromatic carbocycles. The van der Waals surface area contributed by atoms with Gasteiger partial charge in [0.15, 0.2) is 0 Å². The van der Waals surface area contributed by atoms with E-state index < -0.39 is 0 Å². The van der Waals surface area contributed by atoms with Crippen molar-refractivity contribution < 1.29 is 0 Å². The normalized spacial score (nSPS) is 12.6. The molecular formula is C54H34N4S. The van der Waals surface area contributed by atoms with Gasteiger partial charge in [-0.3, -0.25) is 0 Å². The van der Waals surface area contributed by atoms with Crippen LogP contribution in [-0.4, -0.2) is 19.1 Å². The zero-order valence-corrected chi connectivity index (χ0v) is 32.7. The monoisotopic (exact) mass is 770 g/mol. The summed E-state index contributed by atoms with van der Waals surface area (Å²) in [6, 6.07) is 62.8. The predicted octanol–water partition coefficient (Wildman–Crippen LogP) is 13.9. The van der Waals surface area contributed by atoms with Crippen LogP contribution in [0.15, 0.2) is 182 Å². The van der Waals surface area contributed by atoms with E-state index in [4.69, 9.17) is 4.98 Å². The summed E-state index contributed by atoms with van der Waals surface area (Å²) in [6.07, 6.45) is 5.37. The van der Waals surface area contributed by atoms with Gasteiger partial charge >= 0.3 is 0 Å². The summed E-state index contributed by atoms with van der Waals surface area (Å²) < 4.78 is 6.25. The molecule has 0 atom stereocenters. The first kappa shape index (κ1) is 32.7. The minimum atomic E-state index is 0.802. The van der Waals surface area contributed by atoms with Gasteiger partial charge in [0, 0.05) is 54.6 Å². The molecule has 0 aliphatic heterocycles. The Kier molecular flexibility index (Phi) is 6.97. The van der Waals surface area contributed by atoms with Crippen molar-refractivity contribution in [1.29, 1.82) is 0 Å². The second kappa shape index (κ2) is 12.6. The molecule has 0 radical (unpaired) electrons. The van der Waals surface area contributed by atoms with Crippen molar-refractivity contribution in [1.82, 2.24) is 19.1 Å². The van der Waals surface area contributed by atoms with E-state index in [0.717, 1.165) is 34.4 Å². The van der Waals surface area contributed by atoms with Crippen LogP contribution in [0.1, 0.15) is 22.3 Å². The van der Waals surface area contributed by atoms with Crippen molar-refractivity contribution in [3.8, 4) is 33.6 Å². The lowest BCUT2D eigenvalue weighted by atomic mass is 9.84. The molecule has 13 rings (SSSR count). The Balaban J connectivity index is 1.19. The van der Waals surface area contributed by atoms with Gasteiger partial charge in [0.1, 0.15) is 11.2 Å². The van der Waals surface area contributed by atoms with Crippen molar-refractivity contribution in [3.05, 3.63) is 205 Å². The number of hydrogen-bond acceptors (Lipinski definition) is 3. The van der Waals surface area contributed by atoms with Crippen molar-refractivity contribution in [2.75, 3.05) is 0 Å². The SMILES string of the molecule is c1ccc(-n2c3ccccc3c3c4sc5ncncc5c4c4c(c5ccccc5n4-c4ccc5c(c4)Cc4ccccc4-c4ccccc4Cc4ccccc4-5)c32)cc1. The molecule has 0 N–H and O–H groups in total. The largest absolute Gasteiger partial charge is 0.308 e. The number of thiophene rings is 1. The molecule has 0 amide bonds. The third-order valence-corrected chi connectivity index (χ3v) is 13.7. The molecule has 4 aromatic heterocycles. The van der Waals surface area contributed by atoms with E-state index in [1.165, 1.54) is 98.2 Å². The van der Waals surface area contributed by atoms with Crippen LogP contribution in [0.3, 0.4) is 0 Å². The highest BCUT2D eigenvalue weighted by atomic mass is 32.1. The average molecular weight is 771 g/mol. The number of hydrogen-bond donors (Lipinski definition) is 0. The summed E-state index contributed by atoms with van der Waals surface area (Å²) >= 11 is 1.78. The Morgan fingerprint density at radius 3 is 1.59 bits per heavy atom. The second-order valence-corrected chi connectivity index (χ2v) is 16.7. The maximum Gasteiger partial charge on any atom is 0.127 e. The molecule has 5 heteroatoms. The van der Waals surface area contributed by atoms with E-state index in [0.29, 0.717) is 0 Å². The summed E-state index contributed by atoms with van der Waals surface area (Å²) in [7, 11) is 0. The van der Waals surface area contributed by atoms with Crippen LogP contribution in [0.4, 0.5) is 0 Å². The van der Waals surface area contributed by atoms with Crippen LogP contribution < -0.4 is 0 Å². The van der Waals surface area contributed by atoms with Crippen LogP contribution in [0.25, 0.3) is 97.5 Å². The van der Waals surface area contributed by atoms with Crippen molar-refractivity contribution in [3.63, 3.8) is 0 Å². The number of para-hydroxylation sites is 3. The van der Waals surface area contributed by atoms with Gasteiger partial charge < -0.3 is 9.13 Å². The van der Waals surface area contributed by atoms with Crippen molar-refractivity contribution >= 4 is 75.3 Å². The molecule has 12 aromatic rings. The van der Waals surface area contributed by atoms with Gasteiger partial charge in [0.05, 0.1) is 22.1 Å². The van der Waals surface area contributed by atoms with E-state index in [1.54, 1.807) is 17.7 Å². The lowest BCUT2D eigenvalue weighted by Crippen LogP contribution is -2.04. The van der Waals surface area contributed by atoms with E-state index in [2.05, 4.69) is 184 Å². The van der Waals surface area contributed by atoms with Gasteiger partial charge in [-0.25, -0.2) is 9.97 Å². The number of benzene rings is 8. The Labute approximate surface area is 343 Å². The van der Waals surface area contributed by atoms with E-state index in [1.807, 2.05) is 6.20 Å². The Morgan fingerprint density at radius 2 is 0.932 bits per heavy atom. The van der Waals surface area contributed by atoms with Crippen LogP contribution in [0.2, 0.25) is 0 Å². The predicted molar refractivity (Wildman–Crippen MR) is 247 cm³/mol. The number of nitrogens with zero attached hydrogens (tertiary/aromatic N) is 4. The maximum atomic E-state index is 4.88.